The molecule has 0 fully saturated rings. The van der Waals surface area contributed by atoms with Crippen LogP contribution in [0.1, 0.15) is 10.4 Å². The van der Waals surface area contributed by atoms with E-state index in [0.29, 0.717) is 6.61 Å². The molecule has 1 N–H and O–H groups in total. The summed E-state index contributed by atoms with van der Waals surface area (Å²) in [5.41, 5.74) is 1.14. The first kappa shape index (κ1) is 15.1. The van der Waals surface area contributed by atoms with Crippen molar-refractivity contribution in [2.24, 2.45) is 5.16 Å². The van der Waals surface area contributed by atoms with Crippen molar-refractivity contribution in [2.75, 3.05) is 14.2 Å². The summed E-state index contributed by atoms with van der Waals surface area (Å²) in [6.07, 6.45) is 0. The third kappa shape index (κ3) is 3.82. The number of carbonyl (C=O) groups is 1. The highest BCUT2D eigenvalue weighted by Crippen LogP contribution is 2.21. The van der Waals surface area contributed by atoms with Crippen molar-refractivity contribution < 1.29 is 14.4 Å². The zero-order valence-electron chi connectivity index (χ0n) is 11.8. The molecule has 0 bridgehead atoms. The van der Waals surface area contributed by atoms with E-state index in [4.69, 9.17) is 9.57 Å². The maximum Gasteiger partial charge on any atom is 0.274 e. The largest absolute Gasteiger partial charge is 0.489 e. The lowest BCUT2D eigenvalue weighted by molar-refractivity contribution is -0.114. The number of thiophene rings is 1. The Morgan fingerprint density at radius 3 is 2.71 bits per heavy atom. The molecule has 0 atom stereocenters. The highest BCUT2D eigenvalue weighted by Gasteiger charge is 2.19. The van der Waals surface area contributed by atoms with Crippen molar-refractivity contribution in [3.63, 3.8) is 0 Å². The van der Waals surface area contributed by atoms with Crippen LogP contribution in [0.2, 0.25) is 0 Å². The van der Waals surface area contributed by atoms with Gasteiger partial charge in [0, 0.05) is 12.6 Å². The Labute approximate surface area is 127 Å². The first-order valence-electron chi connectivity index (χ1n) is 6.34. The molecule has 2 rings (SSSR count). The minimum Gasteiger partial charge on any atom is -0.489 e. The molecule has 0 aliphatic carbocycles. The lowest BCUT2D eigenvalue weighted by atomic mass is 10.2. The van der Waals surface area contributed by atoms with Gasteiger partial charge in [0.1, 0.15) is 19.5 Å². The summed E-state index contributed by atoms with van der Waals surface area (Å²) in [7, 11) is 2.97. The minimum absolute atomic E-state index is 0.252. The van der Waals surface area contributed by atoms with Gasteiger partial charge in [-0.3, -0.25) is 4.79 Å². The van der Waals surface area contributed by atoms with Crippen LogP contribution in [0.3, 0.4) is 0 Å². The SMILES string of the molecule is CNC(=O)/C(=N\OC)c1sccc1COc1ccccc1. The maximum absolute atomic E-state index is 11.9. The molecule has 5 nitrogen and oxygen atoms in total. The smallest absolute Gasteiger partial charge is 0.274 e. The topological polar surface area (TPSA) is 59.9 Å². The average Bonchev–Trinajstić information content (AvgIpc) is 2.99. The average molecular weight is 304 g/mol. The maximum atomic E-state index is 11.9. The van der Waals surface area contributed by atoms with Crippen LogP contribution in [0, 0.1) is 0 Å². The number of amides is 1. The highest BCUT2D eigenvalue weighted by molar-refractivity contribution is 7.13. The molecule has 0 spiro atoms. The molecule has 0 unspecified atom stereocenters. The van der Waals surface area contributed by atoms with Gasteiger partial charge in [-0.05, 0) is 23.6 Å². The summed E-state index contributed by atoms with van der Waals surface area (Å²) in [6.45, 7) is 0.364. The van der Waals surface area contributed by atoms with E-state index >= 15 is 0 Å². The van der Waals surface area contributed by atoms with Gasteiger partial charge in [0.05, 0.1) is 4.88 Å². The van der Waals surface area contributed by atoms with Gasteiger partial charge in [0.15, 0.2) is 5.71 Å². The van der Waals surface area contributed by atoms with Gasteiger partial charge in [-0.15, -0.1) is 11.3 Å². The van der Waals surface area contributed by atoms with Gasteiger partial charge in [0.2, 0.25) is 0 Å². The van der Waals surface area contributed by atoms with Crippen molar-refractivity contribution in [1.82, 2.24) is 5.32 Å². The summed E-state index contributed by atoms with van der Waals surface area (Å²) in [4.78, 5) is 17.4. The molecule has 0 radical (unpaired) electrons. The molecular formula is C15H16N2O3S. The fourth-order valence-electron chi connectivity index (χ4n) is 1.73. The Balaban J connectivity index is 2.17. The molecule has 0 saturated heterocycles. The molecular weight excluding hydrogens is 288 g/mol. The molecule has 1 amide bonds. The van der Waals surface area contributed by atoms with Crippen LogP contribution < -0.4 is 10.1 Å². The van der Waals surface area contributed by atoms with Gasteiger partial charge in [-0.2, -0.15) is 0 Å². The fraction of sp³-hybridized carbons (Fsp3) is 0.200. The Bertz CT molecular complexity index is 623. The van der Waals surface area contributed by atoms with Gasteiger partial charge in [0.25, 0.3) is 5.91 Å². The first-order chi connectivity index (χ1) is 10.3. The molecule has 0 aliphatic rings. The molecule has 6 heteroatoms. The van der Waals surface area contributed by atoms with Gasteiger partial charge in [-0.1, -0.05) is 23.4 Å². The minimum atomic E-state index is -0.291. The number of rotatable bonds is 6. The van der Waals surface area contributed by atoms with E-state index in [0.717, 1.165) is 16.2 Å². The van der Waals surface area contributed by atoms with E-state index in [-0.39, 0.29) is 11.6 Å². The van der Waals surface area contributed by atoms with E-state index in [1.54, 1.807) is 7.05 Å². The van der Waals surface area contributed by atoms with E-state index < -0.39 is 0 Å². The molecule has 0 saturated carbocycles. The Kier molecular flexibility index (Phi) is 5.34. The number of oxime groups is 1. The van der Waals surface area contributed by atoms with Gasteiger partial charge < -0.3 is 14.9 Å². The third-order valence-corrected chi connectivity index (χ3v) is 3.69. The van der Waals surface area contributed by atoms with E-state index in [1.165, 1.54) is 18.4 Å². The van der Waals surface area contributed by atoms with Crippen molar-refractivity contribution in [3.8, 4) is 5.75 Å². The van der Waals surface area contributed by atoms with Gasteiger partial charge in [-0.25, -0.2) is 0 Å². The summed E-state index contributed by atoms with van der Waals surface area (Å²) < 4.78 is 5.71. The Hall–Kier alpha value is -2.34. The number of carbonyl (C=O) groups excluding carboxylic acids is 1. The number of nitrogens with one attached hydrogen (secondary N) is 1. The van der Waals surface area contributed by atoms with E-state index in [9.17, 15) is 4.79 Å². The van der Waals surface area contributed by atoms with Crippen LogP contribution in [-0.2, 0) is 16.2 Å². The predicted molar refractivity (Wildman–Crippen MR) is 82.7 cm³/mol. The number of hydrogen-bond donors (Lipinski definition) is 1. The molecule has 2 aromatic rings. The van der Waals surface area contributed by atoms with E-state index in [1.807, 2.05) is 41.8 Å². The first-order valence-corrected chi connectivity index (χ1v) is 7.22. The Morgan fingerprint density at radius 1 is 1.29 bits per heavy atom. The van der Waals surface area contributed by atoms with E-state index in [2.05, 4.69) is 10.5 Å². The summed E-state index contributed by atoms with van der Waals surface area (Å²) >= 11 is 1.42. The van der Waals surface area contributed by atoms with Crippen molar-refractivity contribution in [1.29, 1.82) is 0 Å². The zero-order chi connectivity index (χ0) is 15.1. The monoisotopic (exact) mass is 304 g/mol. The van der Waals surface area contributed by atoms with Crippen molar-refractivity contribution >= 4 is 23.0 Å². The highest BCUT2D eigenvalue weighted by atomic mass is 32.1. The molecule has 1 aromatic carbocycles. The van der Waals surface area contributed by atoms with Crippen molar-refractivity contribution in [3.05, 3.63) is 52.2 Å². The number of likely N-dealkylation sites (N-methyl/N-ethyl adjacent to an activating group) is 1. The lowest BCUT2D eigenvalue weighted by Gasteiger charge is -2.08. The molecule has 1 aromatic heterocycles. The number of ether oxygens (including phenoxy) is 1. The molecule has 21 heavy (non-hydrogen) atoms. The summed E-state index contributed by atoms with van der Waals surface area (Å²) in [5.74, 6) is 0.486. The van der Waals surface area contributed by atoms with Gasteiger partial charge >= 0.3 is 0 Å². The normalized spacial score (nSPS) is 11.0. The standard InChI is InChI=1S/C15H16N2O3S/c1-16-15(18)13(17-19-2)14-11(8-9-21-14)10-20-12-6-4-3-5-7-12/h3-9H,10H2,1-2H3,(H,16,18)/b17-13-. The van der Waals surface area contributed by atoms with Crippen molar-refractivity contribution in [2.45, 2.75) is 6.61 Å². The van der Waals surface area contributed by atoms with Crippen LogP contribution in [0.15, 0.2) is 46.9 Å². The van der Waals surface area contributed by atoms with Crippen LogP contribution in [0.4, 0.5) is 0 Å². The number of para-hydroxylation sites is 1. The quantitative estimate of drug-likeness (QED) is 0.658. The second-order valence-corrected chi connectivity index (χ2v) is 4.99. The summed E-state index contributed by atoms with van der Waals surface area (Å²) in [6, 6.07) is 11.4. The van der Waals surface area contributed by atoms with Crippen LogP contribution >= 0.6 is 11.3 Å². The second kappa shape index (κ2) is 7.44. The zero-order valence-corrected chi connectivity index (χ0v) is 12.6. The molecule has 0 aliphatic heterocycles. The van der Waals surface area contributed by atoms with Crippen LogP contribution in [0.5, 0.6) is 5.75 Å². The predicted octanol–water partition coefficient (Wildman–Crippen LogP) is 2.42. The molecule has 110 valence electrons. The van der Waals surface area contributed by atoms with Crippen LogP contribution in [-0.4, -0.2) is 25.8 Å². The number of nitrogens with zero attached hydrogens (tertiary/aromatic N) is 1. The lowest BCUT2D eigenvalue weighted by Crippen LogP contribution is -2.28. The molecule has 1 heterocycles. The van der Waals surface area contributed by atoms with Crippen LogP contribution in [0.25, 0.3) is 0 Å². The summed E-state index contributed by atoms with van der Waals surface area (Å²) in [5, 5.41) is 8.26. The Morgan fingerprint density at radius 2 is 2.05 bits per heavy atom. The fourth-order valence-corrected chi connectivity index (χ4v) is 2.62. The third-order valence-electron chi connectivity index (χ3n) is 2.72. The second-order valence-electron chi connectivity index (χ2n) is 4.08. The number of hydrogen-bond acceptors (Lipinski definition) is 5. The number of benzene rings is 1.